The number of carbonyl (C=O) groups is 1. The standard InChI is InChI=1S/C15H21N3OS/c1-10(14(19)18-15(2,3)4)17-12-7-6-8-13(20-5)11(12)9-16/h6-8,10,17H,1-5H3,(H,18,19). The lowest BCUT2D eigenvalue weighted by molar-refractivity contribution is -0.122. The highest BCUT2D eigenvalue weighted by Crippen LogP contribution is 2.26. The summed E-state index contributed by atoms with van der Waals surface area (Å²) in [6.45, 7) is 7.60. The molecule has 1 rings (SSSR count). The molecule has 0 aliphatic rings. The van der Waals surface area contributed by atoms with Gasteiger partial charge in [0, 0.05) is 10.4 Å². The zero-order valence-electron chi connectivity index (χ0n) is 12.6. The van der Waals surface area contributed by atoms with Crippen LogP contribution in [0.15, 0.2) is 23.1 Å². The van der Waals surface area contributed by atoms with Gasteiger partial charge in [-0.05, 0) is 46.1 Å². The number of carbonyl (C=O) groups excluding carboxylic acids is 1. The summed E-state index contributed by atoms with van der Waals surface area (Å²) < 4.78 is 0. The van der Waals surface area contributed by atoms with Crippen LogP contribution in [-0.4, -0.2) is 23.7 Å². The molecule has 1 aromatic carbocycles. The molecule has 0 saturated heterocycles. The van der Waals surface area contributed by atoms with Gasteiger partial charge in [-0.1, -0.05) is 6.07 Å². The van der Waals surface area contributed by atoms with Gasteiger partial charge in [0.25, 0.3) is 0 Å². The highest BCUT2D eigenvalue weighted by Gasteiger charge is 2.20. The average Bonchev–Trinajstić information content (AvgIpc) is 2.36. The monoisotopic (exact) mass is 291 g/mol. The van der Waals surface area contributed by atoms with Crippen LogP contribution in [0.1, 0.15) is 33.3 Å². The van der Waals surface area contributed by atoms with Gasteiger partial charge in [-0.25, -0.2) is 0 Å². The topological polar surface area (TPSA) is 64.9 Å². The summed E-state index contributed by atoms with van der Waals surface area (Å²) in [5.74, 6) is -0.0871. The second-order valence-electron chi connectivity index (χ2n) is 5.60. The molecule has 4 nitrogen and oxygen atoms in total. The third-order valence-electron chi connectivity index (χ3n) is 2.62. The number of nitriles is 1. The summed E-state index contributed by atoms with van der Waals surface area (Å²) >= 11 is 1.52. The number of nitrogens with zero attached hydrogens (tertiary/aromatic N) is 1. The maximum Gasteiger partial charge on any atom is 0.242 e. The van der Waals surface area contributed by atoms with E-state index in [4.69, 9.17) is 0 Å². The van der Waals surface area contributed by atoms with Gasteiger partial charge in [0.15, 0.2) is 0 Å². The number of benzene rings is 1. The molecule has 0 heterocycles. The largest absolute Gasteiger partial charge is 0.373 e. The van der Waals surface area contributed by atoms with E-state index in [1.54, 1.807) is 6.92 Å². The average molecular weight is 291 g/mol. The first-order valence-electron chi connectivity index (χ1n) is 6.44. The van der Waals surface area contributed by atoms with Crippen LogP contribution in [0.2, 0.25) is 0 Å². The van der Waals surface area contributed by atoms with Crippen molar-refractivity contribution in [3.8, 4) is 6.07 Å². The van der Waals surface area contributed by atoms with Crippen molar-refractivity contribution in [2.24, 2.45) is 0 Å². The van der Waals surface area contributed by atoms with Gasteiger partial charge in [0.1, 0.15) is 12.1 Å². The van der Waals surface area contributed by atoms with E-state index >= 15 is 0 Å². The van der Waals surface area contributed by atoms with Gasteiger partial charge in [-0.15, -0.1) is 11.8 Å². The number of nitrogens with one attached hydrogen (secondary N) is 2. The normalized spacial score (nSPS) is 12.4. The van der Waals surface area contributed by atoms with E-state index in [0.717, 1.165) is 4.90 Å². The number of thioether (sulfide) groups is 1. The van der Waals surface area contributed by atoms with Gasteiger partial charge in [-0.2, -0.15) is 5.26 Å². The fourth-order valence-corrected chi connectivity index (χ4v) is 2.29. The number of amides is 1. The molecule has 0 radical (unpaired) electrons. The molecular weight excluding hydrogens is 270 g/mol. The minimum atomic E-state index is -0.404. The molecule has 5 heteroatoms. The maximum atomic E-state index is 12.1. The Morgan fingerprint density at radius 1 is 1.40 bits per heavy atom. The van der Waals surface area contributed by atoms with Gasteiger partial charge >= 0.3 is 0 Å². The van der Waals surface area contributed by atoms with Crippen molar-refractivity contribution in [2.45, 2.75) is 44.2 Å². The molecule has 2 N–H and O–H groups in total. The molecule has 20 heavy (non-hydrogen) atoms. The predicted octanol–water partition coefficient (Wildman–Crippen LogP) is 3.00. The van der Waals surface area contributed by atoms with Crippen molar-refractivity contribution in [3.05, 3.63) is 23.8 Å². The Kier molecular flexibility index (Phi) is 5.46. The molecule has 0 aromatic heterocycles. The van der Waals surface area contributed by atoms with Crippen LogP contribution in [0, 0.1) is 11.3 Å². The van der Waals surface area contributed by atoms with Crippen molar-refractivity contribution < 1.29 is 4.79 Å². The third kappa shape index (κ3) is 4.46. The second-order valence-corrected chi connectivity index (χ2v) is 6.45. The van der Waals surface area contributed by atoms with Crippen LogP contribution >= 0.6 is 11.8 Å². The number of anilines is 1. The number of rotatable bonds is 4. The maximum absolute atomic E-state index is 12.1. The van der Waals surface area contributed by atoms with E-state index in [0.29, 0.717) is 11.3 Å². The lowest BCUT2D eigenvalue weighted by atomic mass is 10.1. The summed E-state index contributed by atoms with van der Waals surface area (Å²) in [5.41, 5.74) is 0.998. The molecule has 1 atom stereocenters. The summed E-state index contributed by atoms with van der Waals surface area (Å²) in [7, 11) is 0. The van der Waals surface area contributed by atoms with Gasteiger partial charge in [-0.3, -0.25) is 4.79 Å². The Bertz CT molecular complexity index is 529. The Balaban J connectivity index is 2.89. The third-order valence-corrected chi connectivity index (χ3v) is 3.40. The van der Waals surface area contributed by atoms with Gasteiger partial charge in [0.05, 0.1) is 11.3 Å². The SMILES string of the molecule is CSc1cccc(NC(C)C(=O)NC(C)(C)C)c1C#N. The molecular formula is C15H21N3OS. The van der Waals surface area contributed by atoms with Gasteiger partial charge in [0.2, 0.25) is 5.91 Å². The quantitative estimate of drug-likeness (QED) is 0.837. The Hall–Kier alpha value is -1.67. The first-order valence-corrected chi connectivity index (χ1v) is 7.66. The Labute approximate surface area is 124 Å². The summed E-state index contributed by atoms with van der Waals surface area (Å²) in [4.78, 5) is 13.0. The highest BCUT2D eigenvalue weighted by atomic mass is 32.2. The molecule has 0 saturated carbocycles. The molecule has 1 aromatic rings. The lowest BCUT2D eigenvalue weighted by Gasteiger charge is -2.24. The molecule has 0 aliphatic carbocycles. The van der Waals surface area contributed by atoms with Crippen LogP contribution in [0.3, 0.4) is 0 Å². The minimum absolute atomic E-state index is 0.0871. The fourth-order valence-electron chi connectivity index (χ4n) is 1.71. The Morgan fingerprint density at radius 3 is 2.55 bits per heavy atom. The smallest absolute Gasteiger partial charge is 0.242 e. The van der Waals surface area contributed by atoms with Crippen molar-refractivity contribution in [2.75, 3.05) is 11.6 Å². The summed E-state index contributed by atoms with van der Waals surface area (Å²) in [6, 6.07) is 7.38. The van der Waals surface area contributed by atoms with Crippen LogP contribution in [0.5, 0.6) is 0 Å². The first-order chi connectivity index (χ1) is 9.28. The molecule has 1 unspecified atom stereocenters. The van der Waals surface area contributed by atoms with Crippen LogP contribution in [-0.2, 0) is 4.79 Å². The highest BCUT2D eigenvalue weighted by molar-refractivity contribution is 7.98. The molecule has 0 bridgehead atoms. The molecule has 1 amide bonds. The van der Waals surface area contributed by atoms with Crippen molar-refractivity contribution >= 4 is 23.4 Å². The van der Waals surface area contributed by atoms with Crippen LogP contribution < -0.4 is 10.6 Å². The van der Waals surface area contributed by atoms with Crippen LogP contribution in [0.25, 0.3) is 0 Å². The predicted molar refractivity (Wildman–Crippen MR) is 83.9 cm³/mol. The molecule has 108 valence electrons. The fraction of sp³-hybridized carbons (Fsp3) is 0.467. The number of hydrogen-bond donors (Lipinski definition) is 2. The van der Waals surface area contributed by atoms with E-state index in [9.17, 15) is 10.1 Å². The zero-order valence-corrected chi connectivity index (χ0v) is 13.4. The van der Waals surface area contributed by atoms with E-state index in [2.05, 4.69) is 16.7 Å². The van der Waals surface area contributed by atoms with E-state index < -0.39 is 6.04 Å². The molecule has 0 aliphatic heterocycles. The molecule has 0 spiro atoms. The lowest BCUT2D eigenvalue weighted by Crippen LogP contribution is -2.47. The van der Waals surface area contributed by atoms with E-state index in [-0.39, 0.29) is 11.4 Å². The van der Waals surface area contributed by atoms with Crippen LogP contribution in [0.4, 0.5) is 5.69 Å². The zero-order chi connectivity index (χ0) is 15.3. The second kappa shape index (κ2) is 6.67. The minimum Gasteiger partial charge on any atom is -0.373 e. The van der Waals surface area contributed by atoms with Gasteiger partial charge < -0.3 is 10.6 Å². The Morgan fingerprint density at radius 2 is 2.05 bits per heavy atom. The summed E-state index contributed by atoms with van der Waals surface area (Å²) in [5, 5.41) is 15.3. The van der Waals surface area contributed by atoms with Crippen molar-refractivity contribution in [3.63, 3.8) is 0 Å². The summed E-state index contributed by atoms with van der Waals surface area (Å²) in [6.07, 6.45) is 1.93. The van der Waals surface area contributed by atoms with E-state index in [1.165, 1.54) is 11.8 Å². The van der Waals surface area contributed by atoms with Crippen molar-refractivity contribution in [1.29, 1.82) is 5.26 Å². The van der Waals surface area contributed by atoms with Crippen molar-refractivity contribution in [1.82, 2.24) is 5.32 Å². The van der Waals surface area contributed by atoms with E-state index in [1.807, 2.05) is 45.2 Å². The number of hydrogen-bond acceptors (Lipinski definition) is 4. The molecule has 0 fully saturated rings. The first kappa shape index (κ1) is 16.4.